The number of carbonyl (C=O) groups excluding carboxylic acids is 1. The van der Waals surface area contributed by atoms with Crippen molar-refractivity contribution in [2.24, 2.45) is 5.41 Å². The van der Waals surface area contributed by atoms with Crippen molar-refractivity contribution in [3.8, 4) is 5.75 Å². The van der Waals surface area contributed by atoms with Crippen LogP contribution >= 0.6 is 0 Å². The lowest BCUT2D eigenvalue weighted by molar-refractivity contribution is -0.141. The summed E-state index contributed by atoms with van der Waals surface area (Å²) in [4.78, 5) is 29.3. The molecule has 2 aliphatic rings. The van der Waals surface area contributed by atoms with Gasteiger partial charge in [0.05, 0.1) is 6.61 Å². The van der Waals surface area contributed by atoms with E-state index in [4.69, 9.17) is 9.15 Å². The summed E-state index contributed by atoms with van der Waals surface area (Å²) in [6.45, 7) is 3.91. The minimum Gasteiger partial charge on any atom is -0.481 e. The number of likely N-dealkylation sites (tertiary alicyclic amines) is 1. The van der Waals surface area contributed by atoms with Gasteiger partial charge in [0.1, 0.15) is 11.3 Å². The van der Waals surface area contributed by atoms with Crippen LogP contribution in [0.4, 0.5) is 0 Å². The number of fused-ring (bicyclic) bond motifs is 3. The maximum atomic E-state index is 13.0. The van der Waals surface area contributed by atoms with E-state index < -0.39 is 6.10 Å². The van der Waals surface area contributed by atoms with Gasteiger partial charge < -0.3 is 24.1 Å². The molecule has 1 aliphatic carbocycles. The third kappa shape index (κ3) is 4.55. The average Bonchev–Trinajstić information content (AvgIpc) is 2.78. The number of ether oxygens (including phenoxy) is 1. The number of aliphatic hydroxyl groups excluding tert-OH is 1. The molecule has 1 saturated heterocycles. The van der Waals surface area contributed by atoms with Gasteiger partial charge >= 0.3 is 5.63 Å². The van der Waals surface area contributed by atoms with Gasteiger partial charge in [0, 0.05) is 42.1 Å². The normalized spacial score (nSPS) is 19.1. The van der Waals surface area contributed by atoms with Crippen molar-refractivity contribution in [2.45, 2.75) is 51.6 Å². The highest BCUT2D eigenvalue weighted by Crippen LogP contribution is 2.33. The Kier molecular flexibility index (Phi) is 6.58. The number of amides is 1. The Morgan fingerprint density at radius 2 is 1.91 bits per heavy atom. The van der Waals surface area contributed by atoms with Crippen LogP contribution in [0.3, 0.4) is 0 Å². The lowest BCUT2D eigenvalue weighted by Gasteiger charge is -2.42. The molecule has 1 atom stereocenters. The van der Waals surface area contributed by atoms with E-state index in [9.17, 15) is 14.7 Å². The van der Waals surface area contributed by atoms with E-state index in [0.29, 0.717) is 24.4 Å². The molecule has 7 nitrogen and oxygen atoms in total. The molecular weight excluding hydrogens is 408 g/mol. The summed E-state index contributed by atoms with van der Waals surface area (Å²) in [5.74, 6) is 0.458. The zero-order valence-electron chi connectivity index (χ0n) is 19.4. The van der Waals surface area contributed by atoms with Crippen LogP contribution in [0.5, 0.6) is 5.75 Å². The Bertz CT molecular complexity index is 1040. The van der Waals surface area contributed by atoms with Crippen molar-refractivity contribution in [1.82, 2.24) is 9.80 Å². The van der Waals surface area contributed by atoms with Gasteiger partial charge in [-0.25, -0.2) is 4.79 Å². The third-order valence-corrected chi connectivity index (χ3v) is 6.98. The molecule has 32 heavy (non-hydrogen) atoms. The Hall–Kier alpha value is -2.38. The summed E-state index contributed by atoms with van der Waals surface area (Å²) in [6, 6.07) is 5.51. The number of aryl methyl sites for hydroxylation is 1. The summed E-state index contributed by atoms with van der Waals surface area (Å²) < 4.78 is 11.5. The van der Waals surface area contributed by atoms with Gasteiger partial charge in [-0.1, -0.05) is 0 Å². The van der Waals surface area contributed by atoms with Crippen molar-refractivity contribution in [2.75, 3.05) is 40.3 Å². The van der Waals surface area contributed by atoms with Gasteiger partial charge in [-0.05, 0) is 77.2 Å². The van der Waals surface area contributed by atoms with Crippen LogP contribution < -0.4 is 10.4 Å². The van der Waals surface area contributed by atoms with Crippen LogP contribution in [0, 0.1) is 5.41 Å². The zero-order valence-corrected chi connectivity index (χ0v) is 19.4. The molecule has 1 aromatic heterocycles. The highest BCUT2D eigenvalue weighted by atomic mass is 16.5. The lowest BCUT2D eigenvalue weighted by Crippen LogP contribution is -2.51. The molecule has 1 N–H and O–H groups in total. The minimum atomic E-state index is -0.646. The van der Waals surface area contributed by atoms with E-state index >= 15 is 0 Å². The van der Waals surface area contributed by atoms with Crippen LogP contribution in [-0.2, 0) is 17.6 Å². The molecule has 1 fully saturated rings. The van der Waals surface area contributed by atoms with Crippen molar-refractivity contribution in [1.29, 1.82) is 0 Å². The molecule has 2 heterocycles. The number of rotatable bonds is 6. The lowest BCUT2D eigenvalue weighted by atomic mass is 9.78. The maximum absolute atomic E-state index is 13.0. The SMILES string of the molecule is CC(Oc1ccc2c3c(c(=O)oc2c1)CCCC3)C(=O)N1CCC(CO)(CN(C)C)CC1. The fourth-order valence-corrected chi connectivity index (χ4v) is 5.25. The van der Waals surface area contributed by atoms with Crippen LogP contribution in [0.2, 0.25) is 0 Å². The summed E-state index contributed by atoms with van der Waals surface area (Å²) in [7, 11) is 4.01. The van der Waals surface area contributed by atoms with Crippen LogP contribution in [-0.4, -0.2) is 67.3 Å². The number of carbonyl (C=O) groups is 1. The van der Waals surface area contributed by atoms with Gasteiger partial charge in [-0.15, -0.1) is 0 Å². The summed E-state index contributed by atoms with van der Waals surface area (Å²) >= 11 is 0. The Morgan fingerprint density at radius 3 is 2.56 bits per heavy atom. The van der Waals surface area contributed by atoms with Crippen LogP contribution in [0.15, 0.2) is 27.4 Å². The Morgan fingerprint density at radius 1 is 1.22 bits per heavy atom. The maximum Gasteiger partial charge on any atom is 0.339 e. The van der Waals surface area contributed by atoms with Crippen LogP contribution in [0.25, 0.3) is 11.0 Å². The Labute approximate surface area is 188 Å². The molecule has 4 rings (SSSR count). The molecule has 1 unspecified atom stereocenters. The topological polar surface area (TPSA) is 83.2 Å². The summed E-state index contributed by atoms with van der Waals surface area (Å²) in [5, 5.41) is 10.9. The second-order valence-corrected chi connectivity index (χ2v) is 9.69. The van der Waals surface area contributed by atoms with E-state index in [0.717, 1.165) is 61.6 Å². The molecule has 0 spiro atoms. The molecule has 1 aliphatic heterocycles. The van der Waals surface area contributed by atoms with E-state index in [1.807, 2.05) is 31.1 Å². The van der Waals surface area contributed by atoms with E-state index in [1.54, 1.807) is 13.0 Å². The van der Waals surface area contributed by atoms with Gasteiger partial charge in [0.25, 0.3) is 5.91 Å². The number of nitrogens with zero attached hydrogens (tertiary/aromatic N) is 2. The predicted molar refractivity (Wildman–Crippen MR) is 123 cm³/mol. The first-order valence-corrected chi connectivity index (χ1v) is 11.6. The van der Waals surface area contributed by atoms with Crippen molar-refractivity contribution in [3.63, 3.8) is 0 Å². The van der Waals surface area contributed by atoms with Gasteiger partial charge in [-0.3, -0.25) is 4.79 Å². The molecule has 174 valence electrons. The minimum absolute atomic E-state index is 0.0617. The highest BCUT2D eigenvalue weighted by molar-refractivity contribution is 5.84. The molecule has 0 radical (unpaired) electrons. The van der Waals surface area contributed by atoms with Crippen molar-refractivity contribution < 1.29 is 19.1 Å². The first kappa shape index (κ1) is 22.8. The monoisotopic (exact) mass is 442 g/mol. The van der Waals surface area contributed by atoms with Crippen LogP contribution in [0.1, 0.15) is 43.7 Å². The standard InChI is InChI=1S/C25H34N2O5/c1-17(23(29)27-12-10-25(16-28,11-13-27)15-26(2)3)31-18-8-9-20-19-6-4-5-7-21(19)24(30)32-22(20)14-18/h8-9,14,17,28H,4-7,10-13,15-16H2,1-3H3. The van der Waals surface area contributed by atoms with E-state index in [1.165, 1.54) is 0 Å². The van der Waals surface area contributed by atoms with Gasteiger partial charge in [0.2, 0.25) is 0 Å². The Balaban J connectivity index is 1.44. The summed E-state index contributed by atoms with van der Waals surface area (Å²) in [6.07, 6.45) is 4.67. The molecular formula is C25H34N2O5. The molecule has 0 bridgehead atoms. The number of benzene rings is 1. The first-order chi connectivity index (χ1) is 15.3. The molecule has 1 aromatic carbocycles. The van der Waals surface area contributed by atoms with Gasteiger partial charge in [0.15, 0.2) is 6.10 Å². The largest absolute Gasteiger partial charge is 0.481 e. The number of piperidine rings is 1. The fourth-order valence-electron chi connectivity index (χ4n) is 5.25. The number of aliphatic hydroxyl groups is 1. The summed E-state index contributed by atoms with van der Waals surface area (Å²) in [5.41, 5.74) is 2.00. The van der Waals surface area contributed by atoms with E-state index in [-0.39, 0.29) is 23.6 Å². The number of hydrogen-bond acceptors (Lipinski definition) is 6. The fraction of sp³-hybridized carbons (Fsp3) is 0.600. The number of hydrogen-bond donors (Lipinski definition) is 1. The second-order valence-electron chi connectivity index (χ2n) is 9.69. The van der Waals surface area contributed by atoms with E-state index in [2.05, 4.69) is 4.90 Å². The molecule has 7 heteroatoms. The average molecular weight is 443 g/mol. The van der Waals surface area contributed by atoms with Crippen molar-refractivity contribution in [3.05, 3.63) is 39.7 Å². The third-order valence-electron chi connectivity index (χ3n) is 6.98. The smallest absolute Gasteiger partial charge is 0.339 e. The molecule has 0 saturated carbocycles. The van der Waals surface area contributed by atoms with Crippen molar-refractivity contribution >= 4 is 16.9 Å². The second kappa shape index (κ2) is 9.24. The molecule has 1 amide bonds. The highest BCUT2D eigenvalue weighted by Gasteiger charge is 2.37. The molecule has 2 aromatic rings. The zero-order chi connectivity index (χ0) is 22.9. The predicted octanol–water partition coefficient (Wildman–Crippen LogP) is 2.60. The van der Waals surface area contributed by atoms with Gasteiger partial charge in [-0.2, -0.15) is 0 Å². The first-order valence-electron chi connectivity index (χ1n) is 11.6. The quantitative estimate of drug-likeness (QED) is 0.693.